The Labute approximate surface area is 160 Å². The van der Waals surface area contributed by atoms with E-state index in [-0.39, 0.29) is 16.9 Å². The number of hydrogen-bond donors (Lipinski definition) is 1. The topological polar surface area (TPSA) is 73.2 Å². The van der Waals surface area contributed by atoms with E-state index in [0.717, 1.165) is 16.9 Å². The van der Waals surface area contributed by atoms with E-state index in [1.807, 2.05) is 19.1 Å². The van der Waals surface area contributed by atoms with E-state index < -0.39 is 6.10 Å². The molecule has 146 valence electrons. The summed E-state index contributed by atoms with van der Waals surface area (Å²) >= 11 is 0. The van der Waals surface area contributed by atoms with Crippen LogP contribution in [-0.2, 0) is 16.8 Å². The molecule has 1 N–H and O–H groups in total. The number of nitrogens with zero attached hydrogens (tertiary/aromatic N) is 2. The molecule has 0 aliphatic carbocycles. The van der Waals surface area contributed by atoms with E-state index in [2.05, 4.69) is 37.1 Å². The molecule has 0 aliphatic heterocycles. The number of ether oxygens (including phenoxy) is 1. The third-order valence-electron chi connectivity index (χ3n) is 4.34. The second kappa shape index (κ2) is 8.37. The molecule has 0 fully saturated rings. The van der Waals surface area contributed by atoms with Gasteiger partial charge in [-0.2, -0.15) is 0 Å². The molecule has 0 saturated heterocycles. The molecular weight excluding hydrogens is 342 g/mol. The first-order valence-corrected chi connectivity index (χ1v) is 9.16. The maximum Gasteiger partial charge on any atom is 0.260 e. The van der Waals surface area contributed by atoms with Gasteiger partial charge in [0.1, 0.15) is 5.75 Å². The Hall–Kier alpha value is -2.63. The Balaban J connectivity index is 1.98. The summed E-state index contributed by atoms with van der Waals surface area (Å²) < 4.78 is 7.43. The van der Waals surface area contributed by atoms with E-state index in [4.69, 9.17) is 4.74 Å². The van der Waals surface area contributed by atoms with E-state index >= 15 is 0 Å². The van der Waals surface area contributed by atoms with Crippen LogP contribution >= 0.6 is 0 Å². The molecule has 1 heterocycles. The van der Waals surface area contributed by atoms with E-state index in [9.17, 15) is 9.59 Å². The summed E-state index contributed by atoms with van der Waals surface area (Å²) in [6, 6.07) is 5.99. The zero-order valence-corrected chi connectivity index (χ0v) is 17.0. The molecule has 2 aromatic rings. The highest BCUT2D eigenvalue weighted by Gasteiger charge is 2.22. The Morgan fingerprint density at radius 3 is 2.67 bits per heavy atom. The maximum atomic E-state index is 12.4. The molecule has 2 rings (SSSR count). The van der Waals surface area contributed by atoms with Crippen LogP contribution in [0.4, 0.5) is 0 Å². The van der Waals surface area contributed by atoms with Crippen molar-refractivity contribution >= 4 is 5.91 Å². The average molecular weight is 371 g/mol. The van der Waals surface area contributed by atoms with Crippen molar-refractivity contribution in [1.82, 2.24) is 14.9 Å². The molecule has 0 saturated carbocycles. The molecule has 0 aliphatic rings. The lowest BCUT2D eigenvalue weighted by molar-refractivity contribution is -0.127. The lowest BCUT2D eigenvalue weighted by Crippen LogP contribution is -2.39. The van der Waals surface area contributed by atoms with Gasteiger partial charge in [-0.3, -0.25) is 14.2 Å². The van der Waals surface area contributed by atoms with E-state index in [1.165, 1.54) is 17.1 Å². The number of rotatable bonds is 6. The Morgan fingerprint density at radius 1 is 1.30 bits per heavy atom. The minimum absolute atomic E-state index is 0.0864. The van der Waals surface area contributed by atoms with Crippen molar-refractivity contribution in [3.63, 3.8) is 0 Å². The zero-order chi connectivity index (χ0) is 20.2. The zero-order valence-electron chi connectivity index (χ0n) is 17.0. The number of aryl methyl sites for hydroxylation is 2. The normalized spacial score (nSPS) is 12.5. The van der Waals surface area contributed by atoms with Crippen molar-refractivity contribution in [2.24, 2.45) is 0 Å². The Bertz CT molecular complexity index is 866. The fourth-order valence-electron chi connectivity index (χ4n) is 2.74. The highest BCUT2D eigenvalue weighted by molar-refractivity contribution is 5.80. The highest BCUT2D eigenvalue weighted by atomic mass is 16.5. The largest absolute Gasteiger partial charge is 0.481 e. The van der Waals surface area contributed by atoms with E-state index in [1.54, 1.807) is 13.8 Å². The van der Waals surface area contributed by atoms with Crippen LogP contribution in [-0.4, -0.2) is 28.1 Å². The van der Waals surface area contributed by atoms with Crippen molar-refractivity contribution in [2.45, 2.75) is 59.6 Å². The summed E-state index contributed by atoms with van der Waals surface area (Å²) in [5, 5.41) is 2.82. The second-order valence-electron chi connectivity index (χ2n) is 7.88. The molecule has 0 bridgehead atoms. The minimum Gasteiger partial charge on any atom is -0.481 e. The van der Waals surface area contributed by atoms with Crippen LogP contribution in [0.15, 0.2) is 35.5 Å². The van der Waals surface area contributed by atoms with Gasteiger partial charge in [-0.15, -0.1) is 0 Å². The van der Waals surface area contributed by atoms with Gasteiger partial charge in [0.05, 0.1) is 6.33 Å². The SMILES string of the molecule is Cc1ccc(OC(C)C(=O)NCCn2cncc(C)c2=O)c(C(C)(C)C)c1. The molecular formula is C21H29N3O3. The summed E-state index contributed by atoms with van der Waals surface area (Å²) in [6.07, 6.45) is 2.37. The lowest BCUT2D eigenvalue weighted by atomic mass is 9.85. The molecule has 27 heavy (non-hydrogen) atoms. The lowest BCUT2D eigenvalue weighted by Gasteiger charge is -2.25. The van der Waals surface area contributed by atoms with Gasteiger partial charge < -0.3 is 10.1 Å². The van der Waals surface area contributed by atoms with Crippen LogP contribution in [0.5, 0.6) is 5.75 Å². The van der Waals surface area contributed by atoms with Gasteiger partial charge in [0.15, 0.2) is 6.10 Å². The van der Waals surface area contributed by atoms with Crippen molar-refractivity contribution in [3.8, 4) is 5.75 Å². The number of hydrogen-bond acceptors (Lipinski definition) is 4. The summed E-state index contributed by atoms with van der Waals surface area (Å²) in [7, 11) is 0. The number of carbonyl (C=O) groups excluding carboxylic acids is 1. The molecule has 6 nitrogen and oxygen atoms in total. The molecule has 1 unspecified atom stereocenters. The summed E-state index contributed by atoms with van der Waals surface area (Å²) in [5.74, 6) is 0.499. The van der Waals surface area contributed by atoms with Crippen LogP contribution in [0, 0.1) is 13.8 Å². The van der Waals surface area contributed by atoms with E-state index in [0.29, 0.717) is 18.7 Å². The fourth-order valence-corrected chi connectivity index (χ4v) is 2.74. The first kappa shape index (κ1) is 20.7. The minimum atomic E-state index is -0.638. The van der Waals surface area contributed by atoms with Crippen molar-refractivity contribution in [1.29, 1.82) is 0 Å². The number of nitrogens with one attached hydrogen (secondary N) is 1. The van der Waals surface area contributed by atoms with Gasteiger partial charge in [0.25, 0.3) is 11.5 Å². The molecule has 1 amide bonds. The van der Waals surface area contributed by atoms with Crippen LogP contribution in [0.25, 0.3) is 0 Å². The van der Waals surface area contributed by atoms with Gasteiger partial charge in [-0.05, 0) is 37.8 Å². The van der Waals surface area contributed by atoms with Crippen molar-refractivity contribution in [3.05, 3.63) is 57.8 Å². The van der Waals surface area contributed by atoms with Crippen molar-refractivity contribution < 1.29 is 9.53 Å². The number of aromatic nitrogens is 2. The molecule has 0 spiro atoms. The van der Waals surface area contributed by atoms with Crippen LogP contribution in [0.1, 0.15) is 44.4 Å². The first-order chi connectivity index (χ1) is 12.6. The predicted octanol–water partition coefficient (Wildman–Crippen LogP) is 2.74. The smallest absolute Gasteiger partial charge is 0.260 e. The van der Waals surface area contributed by atoms with Crippen LogP contribution in [0.2, 0.25) is 0 Å². The summed E-state index contributed by atoms with van der Waals surface area (Å²) in [5.41, 5.74) is 2.62. The fraction of sp³-hybridized carbons (Fsp3) is 0.476. The van der Waals surface area contributed by atoms with Crippen molar-refractivity contribution in [2.75, 3.05) is 6.54 Å². The number of carbonyl (C=O) groups is 1. The van der Waals surface area contributed by atoms with Gasteiger partial charge in [0.2, 0.25) is 0 Å². The Morgan fingerprint density at radius 2 is 2.00 bits per heavy atom. The number of benzene rings is 1. The summed E-state index contributed by atoms with van der Waals surface area (Å²) in [6.45, 7) is 12.5. The average Bonchev–Trinajstić information content (AvgIpc) is 2.59. The molecule has 0 radical (unpaired) electrons. The third kappa shape index (κ3) is 5.42. The quantitative estimate of drug-likeness (QED) is 0.847. The van der Waals surface area contributed by atoms with Gasteiger partial charge >= 0.3 is 0 Å². The highest BCUT2D eigenvalue weighted by Crippen LogP contribution is 2.32. The first-order valence-electron chi connectivity index (χ1n) is 9.16. The predicted molar refractivity (Wildman–Crippen MR) is 106 cm³/mol. The molecule has 1 atom stereocenters. The van der Waals surface area contributed by atoms with Gasteiger partial charge in [-0.1, -0.05) is 38.5 Å². The van der Waals surface area contributed by atoms with Gasteiger partial charge in [-0.25, -0.2) is 4.98 Å². The molecule has 1 aromatic carbocycles. The van der Waals surface area contributed by atoms with Crippen LogP contribution < -0.4 is 15.6 Å². The molecule has 1 aromatic heterocycles. The number of amides is 1. The summed E-state index contributed by atoms with van der Waals surface area (Å²) in [4.78, 5) is 28.3. The molecule has 6 heteroatoms. The maximum absolute atomic E-state index is 12.4. The van der Waals surface area contributed by atoms with Crippen LogP contribution in [0.3, 0.4) is 0 Å². The Kier molecular flexibility index (Phi) is 6.41. The second-order valence-corrected chi connectivity index (χ2v) is 7.88. The third-order valence-corrected chi connectivity index (χ3v) is 4.34. The monoisotopic (exact) mass is 371 g/mol. The van der Waals surface area contributed by atoms with Gasteiger partial charge in [0, 0.05) is 24.8 Å². The standard InChI is InChI=1S/C21H29N3O3/c1-14-7-8-18(17(11-14)21(4,5)6)27-16(3)19(25)23-9-10-24-13-22-12-15(2)20(24)26/h7-8,11-13,16H,9-10H2,1-6H3,(H,23,25).